The van der Waals surface area contributed by atoms with Gasteiger partial charge in [0.25, 0.3) is 0 Å². The van der Waals surface area contributed by atoms with Gasteiger partial charge in [-0.1, -0.05) is 77.5 Å². The maximum Gasteiger partial charge on any atom is 0.191 e. The largest absolute Gasteiger partial charge is 0.494 e. The molecule has 0 heterocycles. The summed E-state index contributed by atoms with van der Waals surface area (Å²) in [7, 11) is 0. The van der Waals surface area contributed by atoms with Crippen LogP contribution in [0.25, 0.3) is 5.57 Å². The van der Waals surface area contributed by atoms with Gasteiger partial charge in [-0.15, -0.1) is 0 Å². The molecule has 33 heavy (non-hydrogen) atoms. The number of benzene rings is 1. The number of rotatable bonds is 19. The number of aliphatic hydroxyl groups is 1. The predicted octanol–water partition coefficient (Wildman–Crippen LogP) is 7.98. The standard InChI is InChI=1S/C28H43FO4/c1-5-8-10-14-24(13-9-6-2)15-11-12-16-25(17-23(4)29)26-18-27(32-7-3)20-28(19-26)33-22-31-21-30/h12,16-20,24,30H,4-11,13-15,21-22H2,1-3H3/b16-12-,25-17+. The van der Waals surface area contributed by atoms with E-state index in [2.05, 4.69) is 26.5 Å². The molecule has 4 nitrogen and oxygen atoms in total. The summed E-state index contributed by atoms with van der Waals surface area (Å²) in [6.45, 7) is 9.78. The molecule has 0 aliphatic heterocycles. The van der Waals surface area contributed by atoms with Gasteiger partial charge in [-0.05, 0) is 55.0 Å². The zero-order valence-electron chi connectivity index (χ0n) is 20.8. The van der Waals surface area contributed by atoms with Crippen molar-refractivity contribution < 1.29 is 23.7 Å². The number of ether oxygens (including phenoxy) is 3. The molecule has 1 rings (SSSR count). The van der Waals surface area contributed by atoms with Gasteiger partial charge in [-0.3, -0.25) is 0 Å². The molecule has 0 amide bonds. The van der Waals surface area contributed by atoms with Gasteiger partial charge < -0.3 is 19.3 Å². The van der Waals surface area contributed by atoms with E-state index < -0.39 is 12.6 Å². The quantitative estimate of drug-likeness (QED) is 0.129. The average Bonchev–Trinajstić information content (AvgIpc) is 2.79. The summed E-state index contributed by atoms with van der Waals surface area (Å²) in [6, 6.07) is 5.41. The van der Waals surface area contributed by atoms with Crippen molar-refractivity contribution in [1.82, 2.24) is 0 Å². The molecule has 0 aromatic heterocycles. The Morgan fingerprint density at radius 3 is 2.33 bits per heavy atom. The van der Waals surface area contributed by atoms with Gasteiger partial charge in [0.2, 0.25) is 0 Å². The minimum absolute atomic E-state index is 0.0899. The monoisotopic (exact) mass is 462 g/mol. The molecule has 1 aromatic carbocycles. The van der Waals surface area contributed by atoms with Crippen LogP contribution in [-0.4, -0.2) is 25.3 Å². The lowest BCUT2D eigenvalue weighted by molar-refractivity contribution is -0.0653. The predicted molar refractivity (Wildman–Crippen MR) is 135 cm³/mol. The summed E-state index contributed by atoms with van der Waals surface area (Å²) < 4.78 is 29.8. The number of aliphatic hydroxyl groups excluding tert-OH is 1. The van der Waals surface area contributed by atoms with Gasteiger partial charge in [0.05, 0.1) is 6.61 Å². The molecule has 0 radical (unpaired) electrons. The van der Waals surface area contributed by atoms with E-state index in [0.29, 0.717) is 23.7 Å². The van der Waals surface area contributed by atoms with Crippen molar-refractivity contribution in [1.29, 1.82) is 0 Å². The molecule has 1 aromatic rings. The highest BCUT2D eigenvalue weighted by molar-refractivity contribution is 5.77. The maximum absolute atomic E-state index is 13.8. The average molecular weight is 463 g/mol. The van der Waals surface area contributed by atoms with Crippen molar-refractivity contribution >= 4 is 5.57 Å². The summed E-state index contributed by atoms with van der Waals surface area (Å²) in [4.78, 5) is 0. The third-order valence-corrected chi connectivity index (χ3v) is 5.46. The van der Waals surface area contributed by atoms with Crippen LogP contribution >= 0.6 is 0 Å². The highest BCUT2D eigenvalue weighted by Gasteiger charge is 2.09. The van der Waals surface area contributed by atoms with E-state index >= 15 is 0 Å². The van der Waals surface area contributed by atoms with E-state index in [4.69, 9.17) is 19.3 Å². The summed E-state index contributed by atoms with van der Waals surface area (Å²) in [5.41, 5.74) is 1.47. The molecular weight excluding hydrogens is 419 g/mol. The molecule has 1 unspecified atom stereocenters. The lowest BCUT2D eigenvalue weighted by atomic mass is 9.91. The molecule has 0 aliphatic rings. The van der Waals surface area contributed by atoms with Crippen molar-refractivity contribution in [3.8, 4) is 11.5 Å². The second kappa shape index (κ2) is 18.3. The highest BCUT2D eigenvalue weighted by Crippen LogP contribution is 2.30. The Labute approximate surface area is 200 Å². The molecule has 186 valence electrons. The number of hydrogen-bond donors (Lipinski definition) is 1. The van der Waals surface area contributed by atoms with Crippen LogP contribution in [0.2, 0.25) is 0 Å². The third kappa shape index (κ3) is 13.2. The van der Waals surface area contributed by atoms with E-state index in [1.807, 2.05) is 19.1 Å². The molecule has 0 spiro atoms. The van der Waals surface area contributed by atoms with Crippen molar-refractivity contribution in [3.05, 3.63) is 54.4 Å². The van der Waals surface area contributed by atoms with Crippen LogP contribution in [-0.2, 0) is 4.74 Å². The first-order valence-corrected chi connectivity index (χ1v) is 12.4. The molecule has 1 atom stereocenters. The Hall–Kier alpha value is -2.11. The van der Waals surface area contributed by atoms with Crippen molar-refractivity contribution in [3.63, 3.8) is 0 Å². The Morgan fingerprint density at radius 2 is 1.70 bits per heavy atom. The molecule has 0 fully saturated rings. The minimum Gasteiger partial charge on any atom is -0.494 e. The van der Waals surface area contributed by atoms with E-state index in [0.717, 1.165) is 24.3 Å². The van der Waals surface area contributed by atoms with Crippen molar-refractivity contribution in [2.45, 2.75) is 78.6 Å². The number of hydrogen-bond acceptors (Lipinski definition) is 4. The maximum atomic E-state index is 13.8. The van der Waals surface area contributed by atoms with Crippen LogP contribution in [0.3, 0.4) is 0 Å². The normalized spacial score (nSPS) is 12.8. The molecule has 0 aliphatic carbocycles. The van der Waals surface area contributed by atoms with Gasteiger partial charge in [-0.25, -0.2) is 4.39 Å². The van der Waals surface area contributed by atoms with Crippen LogP contribution < -0.4 is 9.47 Å². The fraction of sp³-hybridized carbons (Fsp3) is 0.571. The highest BCUT2D eigenvalue weighted by atomic mass is 19.1. The zero-order valence-corrected chi connectivity index (χ0v) is 20.8. The Morgan fingerprint density at radius 1 is 1.00 bits per heavy atom. The molecule has 1 N–H and O–H groups in total. The molecule has 0 saturated carbocycles. The summed E-state index contributed by atoms with van der Waals surface area (Å²) in [6.07, 6.45) is 16.5. The lowest BCUT2D eigenvalue weighted by Gasteiger charge is -2.15. The minimum atomic E-state index is -0.511. The first-order chi connectivity index (χ1) is 16.0. The van der Waals surface area contributed by atoms with Crippen LogP contribution in [0.5, 0.6) is 11.5 Å². The van der Waals surface area contributed by atoms with Crippen LogP contribution in [0, 0.1) is 5.92 Å². The van der Waals surface area contributed by atoms with Crippen molar-refractivity contribution in [2.24, 2.45) is 5.92 Å². The van der Waals surface area contributed by atoms with Gasteiger partial charge in [0, 0.05) is 6.07 Å². The van der Waals surface area contributed by atoms with Gasteiger partial charge in [0.1, 0.15) is 24.1 Å². The van der Waals surface area contributed by atoms with Crippen LogP contribution in [0.1, 0.15) is 84.1 Å². The topological polar surface area (TPSA) is 47.9 Å². The fourth-order valence-corrected chi connectivity index (χ4v) is 3.77. The first-order valence-electron chi connectivity index (χ1n) is 12.4. The van der Waals surface area contributed by atoms with Gasteiger partial charge in [-0.2, -0.15) is 0 Å². The summed E-state index contributed by atoms with van der Waals surface area (Å²) in [5.74, 6) is 1.37. The first kappa shape index (κ1) is 28.9. The number of unbranched alkanes of at least 4 members (excludes halogenated alkanes) is 3. The van der Waals surface area contributed by atoms with Crippen LogP contribution in [0.15, 0.2) is 48.8 Å². The number of halogens is 1. The Kier molecular flexibility index (Phi) is 16.1. The summed E-state index contributed by atoms with van der Waals surface area (Å²) >= 11 is 0. The molecular formula is C28H43FO4. The molecule has 0 saturated heterocycles. The Balaban J connectivity index is 2.95. The van der Waals surface area contributed by atoms with Gasteiger partial charge >= 0.3 is 0 Å². The lowest BCUT2D eigenvalue weighted by Crippen LogP contribution is -2.04. The molecule has 5 heteroatoms. The van der Waals surface area contributed by atoms with Crippen molar-refractivity contribution in [2.75, 3.05) is 20.2 Å². The zero-order chi connectivity index (χ0) is 24.3. The molecule has 0 bridgehead atoms. The fourth-order valence-electron chi connectivity index (χ4n) is 3.77. The number of allylic oxidation sites excluding steroid dienone is 5. The third-order valence-electron chi connectivity index (χ3n) is 5.46. The summed E-state index contributed by atoms with van der Waals surface area (Å²) in [5, 5.41) is 8.80. The smallest absolute Gasteiger partial charge is 0.191 e. The second-order valence-corrected chi connectivity index (χ2v) is 8.25. The van der Waals surface area contributed by atoms with Gasteiger partial charge in [0.15, 0.2) is 6.79 Å². The second-order valence-electron chi connectivity index (χ2n) is 8.25. The van der Waals surface area contributed by atoms with E-state index in [9.17, 15) is 4.39 Å². The van der Waals surface area contributed by atoms with Crippen LogP contribution in [0.4, 0.5) is 4.39 Å². The Bertz CT molecular complexity index is 727. The van der Waals surface area contributed by atoms with E-state index in [1.54, 1.807) is 12.1 Å². The van der Waals surface area contributed by atoms with E-state index in [1.165, 1.54) is 51.0 Å². The van der Waals surface area contributed by atoms with E-state index in [-0.39, 0.29) is 6.79 Å². The SMILES string of the molecule is C=C(F)/C=C(\C=C/CCC(CCCC)CCCCC)c1cc(OCC)cc(OCOCO)c1.